The van der Waals surface area contributed by atoms with Crippen LogP contribution in [0.15, 0.2) is 29.6 Å². The van der Waals surface area contributed by atoms with Crippen LogP contribution in [0.4, 0.5) is 0 Å². The van der Waals surface area contributed by atoms with Gasteiger partial charge in [0.15, 0.2) is 0 Å². The summed E-state index contributed by atoms with van der Waals surface area (Å²) in [6, 6.07) is 8.59. The van der Waals surface area contributed by atoms with Crippen molar-refractivity contribution >= 4 is 17.2 Å². The number of amides is 1. The lowest BCUT2D eigenvalue weighted by Crippen LogP contribution is -2.36. The van der Waals surface area contributed by atoms with E-state index in [2.05, 4.69) is 24.0 Å². The second-order valence-electron chi connectivity index (χ2n) is 5.63. The maximum atomic E-state index is 12.6. The molecule has 2 aromatic rings. The van der Waals surface area contributed by atoms with Crippen LogP contribution in [0, 0.1) is 6.92 Å². The summed E-state index contributed by atoms with van der Waals surface area (Å²) in [6.45, 7) is 3.26. The molecule has 1 aliphatic carbocycles. The third-order valence-electron chi connectivity index (χ3n) is 3.81. The van der Waals surface area contributed by atoms with Crippen LogP contribution >= 0.6 is 11.3 Å². The summed E-state index contributed by atoms with van der Waals surface area (Å²) >= 11 is 1.52. The quantitative estimate of drug-likeness (QED) is 0.820. The summed E-state index contributed by atoms with van der Waals surface area (Å²) in [5.74, 6) is 0.0224. The molecule has 1 aliphatic rings. The summed E-state index contributed by atoms with van der Waals surface area (Å²) in [5, 5.41) is 2.76. The van der Waals surface area contributed by atoms with E-state index >= 15 is 0 Å². The number of carbonyl (C=O) groups is 1. The largest absolute Gasteiger partial charge is 0.383 e. The summed E-state index contributed by atoms with van der Waals surface area (Å²) in [7, 11) is 1.66. The number of hydrogen-bond acceptors (Lipinski definition) is 4. The smallest absolute Gasteiger partial charge is 0.273 e. The van der Waals surface area contributed by atoms with Gasteiger partial charge in [-0.3, -0.25) is 4.79 Å². The van der Waals surface area contributed by atoms with Crippen molar-refractivity contribution < 1.29 is 9.53 Å². The molecule has 1 amide bonds. The van der Waals surface area contributed by atoms with Gasteiger partial charge in [0.05, 0.1) is 6.61 Å². The molecule has 1 fully saturated rings. The van der Waals surface area contributed by atoms with Crippen molar-refractivity contribution in [2.75, 3.05) is 20.3 Å². The number of hydrogen-bond donors (Lipinski definition) is 0. The van der Waals surface area contributed by atoms with Crippen molar-refractivity contribution in [2.24, 2.45) is 0 Å². The molecule has 22 heavy (non-hydrogen) atoms. The zero-order chi connectivity index (χ0) is 15.5. The summed E-state index contributed by atoms with van der Waals surface area (Å²) in [5.41, 5.74) is 2.82. The van der Waals surface area contributed by atoms with Gasteiger partial charge in [-0.05, 0) is 19.8 Å². The Labute approximate surface area is 134 Å². The van der Waals surface area contributed by atoms with Crippen molar-refractivity contribution in [3.63, 3.8) is 0 Å². The Morgan fingerprint density at radius 3 is 2.73 bits per heavy atom. The van der Waals surface area contributed by atoms with Crippen molar-refractivity contribution in [3.8, 4) is 10.6 Å². The Bertz CT molecular complexity index is 647. The first kappa shape index (κ1) is 15.2. The van der Waals surface area contributed by atoms with Gasteiger partial charge in [0.1, 0.15) is 10.7 Å². The van der Waals surface area contributed by atoms with Crippen LogP contribution in [-0.4, -0.2) is 42.1 Å². The molecular weight excluding hydrogens is 296 g/mol. The Morgan fingerprint density at radius 2 is 2.09 bits per heavy atom. The Hall–Kier alpha value is -1.72. The predicted molar refractivity (Wildman–Crippen MR) is 88.2 cm³/mol. The molecular formula is C17H20N2O2S. The zero-order valence-electron chi connectivity index (χ0n) is 12.9. The number of aromatic nitrogens is 1. The first-order chi connectivity index (χ1) is 10.7. The van der Waals surface area contributed by atoms with E-state index < -0.39 is 0 Å². The lowest BCUT2D eigenvalue weighted by Gasteiger charge is -2.20. The van der Waals surface area contributed by atoms with E-state index in [0.29, 0.717) is 24.9 Å². The number of aryl methyl sites for hydroxylation is 1. The van der Waals surface area contributed by atoms with Crippen molar-refractivity contribution in [3.05, 3.63) is 40.9 Å². The third kappa shape index (κ3) is 3.36. The highest BCUT2D eigenvalue weighted by atomic mass is 32.1. The van der Waals surface area contributed by atoms with Crippen LogP contribution in [0.1, 0.15) is 28.9 Å². The van der Waals surface area contributed by atoms with Crippen LogP contribution in [-0.2, 0) is 4.74 Å². The van der Waals surface area contributed by atoms with E-state index in [9.17, 15) is 4.79 Å². The average Bonchev–Trinajstić information content (AvgIpc) is 3.24. The van der Waals surface area contributed by atoms with Gasteiger partial charge in [-0.15, -0.1) is 11.3 Å². The van der Waals surface area contributed by atoms with E-state index in [0.717, 1.165) is 23.4 Å². The van der Waals surface area contributed by atoms with E-state index in [1.807, 2.05) is 22.4 Å². The molecule has 0 aliphatic heterocycles. The molecule has 116 valence electrons. The van der Waals surface area contributed by atoms with E-state index in [4.69, 9.17) is 4.74 Å². The second kappa shape index (κ2) is 6.58. The van der Waals surface area contributed by atoms with Crippen molar-refractivity contribution in [1.29, 1.82) is 0 Å². The number of ether oxygens (including phenoxy) is 1. The highest BCUT2D eigenvalue weighted by molar-refractivity contribution is 7.13. The number of rotatable bonds is 6. The molecule has 5 heteroatoms. The lowest BCUT2D eigenvalue weighted by molar-refractivity contribution is 0.0675. The van der Waals surface area contributed by atoms with Crippen LogP contribution in [0.25, 0.3) is 10.6 Å². The van der Waals surface area contributed by atoms with Gasteiger partial charge in [-0.1, -0.05) is 29.8 Å². The number of nitrogens with zero attached hydrogens (tertiary/aromatic N) is 2. The fourth-order valence-electron chi connectivity index (χ4n) is 2.37. The minimum atomic E-state index is 0.0224. The Balaban J connectivity index is 1.77. The third-order valence-corrected chi connectivity index (χ3v) is 4.70. The van der Waals surface area contributed by atoms with Gasteiger partial charge in [-0.2, -0.15) is 0 Å². The van der Waals surface area contributed by atoms with E-state index in [-0.39, 0.29) is 5.91 Å². The lowest BCUT2D eigenvalue weighted by atomic mass is 10.2. The van der Waals surface area contributed by atoms with Crippen LogP contribution in [0.3, 0.4) is 0 Å². The molecule has 3 rings (SSSR count). The van der Waals surface area contributed by atoms with Gasteiger partial charge in [-0.25, -0.2) is 4.98 Å². The van der Waals surface area contributed by atoms with Gasteiger partial charge >= 0.3 is 0 Å². The van der Waals surface area contributed by atoms with E-state index in [1.165, 1.54) is 16.9 Å². The fourth-order valence-corrected chi connectivity index (χ4v) is 3.17. The second-order valence-corrected chi connectivity index (χ2v) is 6.48. The molecule has 0 unspecified atom stereocenters. The molecule has 0 radical (unpaired) electrons. The zero-order valence-corrected chi connectivity index (χ0v) is 13.7. The molecule has 0 atom stereocenters. The van der Waals surface area contributed by atoms with Gasteiger partial charge < -0.3 is 9.64 Å². The molecule has 1 saturated carbocycles. The van der Waals surface area contributed by atoms with E-state index in [1.54, 1.807) is 7.11 Å². The average molecular weight is 316 g/mol. The molecule has 0 N–H and O–H groups in total. The summed E-state index contributed by atoms with van der Waals surface area (Å²) in [6.07, 6.45) is 2.18. The summed E-state index contributed by atoms with van der Waals surface area (Å²) in [4.78, 5) is 19.1. The van der Waals surface area contributed by atoms with Crippen LogP contribution < -0.4 is 0 Å². The molecule has 0 bridgehead atoms. The maximum Gasteiger partial charge on any atom is 0.273 e. The molecule has 1 heterocycles. The first-order valence-electron chi connectivity index (χ1n) is 7.51. The van der Waals surface area contributed by atoms with Gasteiger partial charge in [0, 0.05) is 30.6 Å². The van der Waals surface area contributed by atoms with Crippen LogP contribution in [0.5, 0.6) is 0 Å². The first-order valence-corrected chi connectivity index (χ1v) is 8.39. The number of benzene rings is 1. The highest BCUT2D eigenvalue weighted by Crippen LogP contribution is 2.30. The SMILES string of the molecule is COCCN(C(=O)c1csc(-c2ccc(C)cc2)n1)C1CC1. The van der Waals surface area contributed by atoms with Crippen molar-refractivity contribution in [2.45, 2.75) is 25.8 Å². The van der Waals surface area contributed by atoms with Gasteiger partial charge in [0.2, 0.25) is 0 Å². The standard InChI is InChI=1S/C17H20N2O2S/c1-12-3-5-13(6-4-12)16-18-15(11-22-16)17(20)19(9-10-21-2)14-7-8-14/h3-6,11,14H,7-10H2,1-2H3. The monoisotopic (exact) mass is 316 g/mol. The Kier molecular flexibility index (Phi) is 4.55. The highest BCUT2D eigenvalue weighted by Gasteiger charge is 2.33. The number of thiazole rings is 1. The molecule has 0 saturated heterocycles. The number of methoxy groups -OCH3 is 1. The van der Waals surface area contributed by atoms with Gasteiger partial charge in [0.25, 0.3) is 5.91 Å². The minimum absolute atomic E-state index is 0.0224. The molecule has 0 spiro atoms. The molecule has 1 aromatic carbocycles. The maximum absolute atomic E-state index is 12.6. The van der Waals surface area contributed by atoms with Crippen LogP contribution in [0.2, 0.25) is 0 Å². The van der Waals surface area contributed by atoms with Crippen molar-refractivity contribution in [1.82, 2.24) is 9.88 Å². The molecule has 1 aromatic heterocycles. The topological polar surface area (TPSA) is 42.4 Å². The summed E-state index contributed by atoms with van der Waals surface area (Å²) < 4.78 is 5.11. The fraction of sp³-hybridized carbons (Fsp3) is 0.412. The minimum Gasteiger partial charge on any atom is -0.383 e. The Morgan fingerprint density at radius 1 is 1.36 bits per heavy atom. The number of carbonyl (C=O) groups excluding carboxylic acids is 1. The normalized spacial score (nSPS) is 14.1. The predicted octanol–water partition coefficient (Wildman–Crippen LogP) is 3.37. The molecule has 4 nitrogen and oxygen atoms in total.